The third-order valence-electron chi connectivity index (χ3n) is 4.08. The zero-order chi connectivity index (χ0) is 18.4. The molecule has 2 rings (SSSR count). The summed E-state index contributed by atoms with van der Waals surface area (Å²) >= 11 is 0. The number of hydrogen-bond acceptors (Lipinski definition) is 4. The fourth-order valence-electron chi connectivity index (χ4n) is 2.81. The first-order valence-electron chi connectivity index (χ1n) is 8.52. The number of para-hydroxylation sites is 2. The van der Waals surface area contributed by atoms with Gasteiger partial charge in [0.15, 0.2) is 0 Å². The van der Waals surface area contributed by atoms with Gasteiger partial charge in [-0.25, -0.2) is 17.7 Å². The predicted molar refractivity (Wildman–Crippen MR) is 98.8 cm³/mol. The van der Waals surface area contributed by atoms with E-state index in [1.807, 2.05) is 35.8 Å². The summed E-state index contributed by atoms with van der Waals surface area (Å²) in [5.74, 6) is 0.783. The highest BCUT2D eigenvalue weighted by Crippen LogP contribution is 2.16. The van der Waals surface area contributed by atoms with Crippen LogP contribution in [0.3, 0.4) is 0 Å². The van der Waals surface area contributed by atoms with Crippen molar-refractivity contribution < 1.29 is 13.2 Å². The Bertz CT molecular complexity index is 830. The molecule has 0 unspecified atom stereocenters. The lowest BCUT2D eigenvalue weighted by Crippen LogP contribution is -2.34. The standard InChI is InChI=1S/C17H26N4O3S/c1-4-16-19-14-9-6-7-10-15(14)21(16)13-17(22)18-11-8-12-20(5-2)25(3,23)24/h6-7,9-10H,4-5,8,11-13H2,1-3H3,(H,18,22). The average molecular weight is 366 g/mol. The van der Waals surface area contributed by atoms with Gasteiger partial charge in [-0.15, -0.1) is 0 Å². The minimum Gasteiger partial charge on any atom is -0.355 e. The maximum atomic E-state index is 12.2. The van der Waals surface area contributed by atoms with Gasteiger partial charge < -0.3 is 9.88 Å². The summed E-state index contributed by atoms with van der Waals surface area (Å²) in [6.07, 6.45) is 2.53. The third-order valence-corrected chi connectivity index (χ3v) is 5.46. The molecule has 1 heterocycles. The maximum absolute atomic E-state index is 12.2. The molecule has 0 spiro atoms. The smallest absolute Gasteiger partial charge is 0.240 e. The summed E-state index contributed by atoms with van der Waals surface area (Å²) in [6, 6.07) is 7.76. The van der Waals surface area contributed by atoms with Crippen LogP contribution in [-0.4, -0.2) is 54.1 Å². The molecule has 138 valence electrons. The summed E-state index contributed by atoms with van der Waals surface area (Å²) in [5.41, 5.74) is 1.84. The number of fused-ring (bicyclic) bond motifs is 1. The van der Waals surface area contributed by atoms with Crippen molar-refractivity contribution >= 4 is 27.0 Å². The number of benzene rings is 1. The zero-order valence-corrected chi connectivity index (χ0v) is 15.8. The number of aromatic nitrogens is 2. The Labute approximate surface area is 149 Å². The second kappa shape index (κ2) is 8.44. The summed E-state index contributed by atoms with van der Waals surface area (Å²) in [6.45, 7) is 5.32. The van der Waals surface area contributed by atoms with Gasteiger partial charge in [0.1, 0.15) is 12.4 Å². The molecule has 0 radical (unpaired) electrons. The molecule has 0 atom stereocenters. The Hall–Kier alpha value is -1.93. The molecule has 7 nitrogen and oxygen atoms in total. The van der Waals surface area contributed by atoms with E-state index in [1.165, 1.54) is 10.6 Å². The molecule has 0 saturated carbocycles. The highest BCUT2D eigenvalue weighted by atomic mass is 32.2. The lowest BCUT2D eigenvalue weighted by atomic mass is 10.3. The molecule has 0 aliphatic rings. The Morgan fingerprint density at radius 3 is 2.64 bits per heavy atom. The number of rotatable bonds is 9. The quantitative estimate of drug-likeness (QED) is 0.680. The number of sulfonamides is 1. The molecule has 0 bridgehead atoms. The van der Waals surface area contributed by atoms with E-state index in [4.69, 9.17) is 0 Å². The summed E-state index contributed by atoms with van der Waals surface area (Å²) < 4.78 is 26.4. The van der Waals surface area contributed by atoms with Gasteiger partial charge in [0, 0.05) is 26.1 Å². The summed E-state index contributed by atoms with van der Waals surface area (Å²) in [5, 5.41) is 2.86. The number of nitrogens with zero attached hydrogens (tertiary/aromatic N) is 3. The fraction of sp³-hybridized carbons (Fsp3) is 0.529. The number of carbonyl (C=O) groups is 1. The molecule has 0 aliphatic heterocycles. The molecule has 2 aromatic rings. The molecule has 8 heteroatoms. The molecule has 1 aromatic heterocycles. The van der Waals surface area contributed by atoms with Crippen molar-refractivity contribution in [1.82, 2.24) is 19.2 Å². The Balaban J connectivity index is 1.91. The van der Waals surface area contributed by atoms with Crippen molar-refractivity contribution in [3.05, 3.63) is 30.1 Å². The van der Waals surface area contributed by atoms with Crippen molar-refractivity contribution in [2.24, 2.45) is 0 Å². The highest BCUT2D eigenvalue weighted by molar-refractivity contribution is 7.88. The van der Waals surface area contributed by atoms with Gasteiger partial charge in [-0.2, -0.15) is 0 Å². The first-order chi connectivity index (χ1) is 11.9. The second-order valence-corrected chi connectivity index (χ2v) is 7.90. The number of imidazole rings is 1. The first-order valence-corrected chi connectivity index (χ1v) is 10.4. The van der Waals surface area contributed by atoms with Crippen LogP contribution in [0.25, 0.3) is 11.0 Å². The minimum atomic E-state index is -3.18. The molecule has 25 heavy (non-hydrogen) atoms. The lowest BCUT2D eigenvalue weighted by molar-refractivity contribution is -0.121. The largest absolute Gasteiger partial charge is 0.355 e. The van der Waals surface area contributed by atoms with Crippen LogP contribution in [0.5, 0.6) is 0 Å². The van der Waals surface area contributed by atoms with Crippen LogP contribution in [0.15, 0.2) is 24.3 Å². The maximum Gasteiger partial charge on any atom is 0.240 e. The number of hydrogen-bond donors (Lipinski definition) is 1. The van der Waals surface area contributed by atoms with Gasteiger partial charge in [0.2, 0.25) is 15.9 Å². The van der Waals surface area contributed by atoms with Crippen LogP contribution in [0.2, 0.25) is 0 Å². The number of carbonyl (C=O) groups excluding carboxylic acids is 1. The van der Waals surface area contributed by atoms with Gasteiger partial charge in [0.05, 0.1) is 17.3 Å². The van der Waals surface area contributed by atoms with Gasteiger partial charge in [-0.3, -0.25) is 4.79 Å². The molecular formula is C17H26N4O3S. The van der Waals surface area contributed by atoms with Crippen LogP contribution < -0.4 is 5.32 Å². The summed E-state index contributed by atoms with van der Waals surface area (Å²) in [7, 11) is -3.18. The SMILES string of the molecule is CCc1nc2ccccc2n1CC(=O)NCCCN(CC)S(C)(=O)=O. The third kappa shape index (κ3) is 5.02. The van der Waals surface area contributed by atoms with Gasteiger partial charge in [0.25, 0.3) is 0 Å². The van der Waals surface area contributed by atoms with E-state index in [0.717, 1.165) is 23.3 Å². The van der Waals surface area contributed by atoms with E-state index < -0.39 is 10.0 Å². The molecule has 0 fully saturated rings. The average Bonchev–Trinajstić information content (AvgIpc) is 2.91. The second-order valence-electron chi connectivity index (χ2n) is 5.91. The number of amides is 1. The monoisotopic (exact) mass is 366 g/mol. The van der Waals surface area contributed by atoms with Crippen LogP contribution in [0.1, 0.15) is 26.1 Å². The van der Waals surface area contributed by atoms with E-state index in [0.29, 0.717) is 26.1 Å². The van der Waals surface area contributed by atoms with E-state index in [-0.39, 0.29) is 12.5 Å². The van der Waals surface area contributed by atoms with Crippen LogP contribution >= 0.6 is 0 Å². The van der Waals surface area contributed by atoms with Crippen LogP contribution in [-0.2, 0) is 27.8 Å². The van der Waals surface area contributed by atoms with Gasteiger partial charge in [-0.1, -0.05) is 26.0 Å². The Morgan fingerprint density at radius 2 is 2.00 bits per heavy atom. The van der Waals surface area contributed by atoms with E-state index in [2.05, 4.69) is 10.3 Å². The molecule has 1 amide bonds. The molecular weight excluding hydrogens is 340 g/mol. The van der Waals surface area contributed by atoms with E-state index in [1.54, 1.807) is 6.92 Å². The zero-order valence-electron chi connectivity index (χ0n) is 15.0. The van der Waals surface area contributed by atoms with Crippen LogP contribution in [0.4, 0.5) is 0 Å². The minimum absolute atomic E-state index is 0.0970. The summed E-state index contributed by atoms with van der Waals surface area (Å²) in [4.78, 5) is 16.8. The van der Waals surface area contributed by atoms with Crippen molar-refractivity contribution in [2.75, 3.05) is 25.9 Å². The van der Waals surface area contributed by atoms with E-state index >= 15 is 0 Å². The predicted octanol–water partition coefficient (Wildman–Crippen LogP) is 1.39. The first kappa shape index (κ1) is 19.4. The van der Waals surface area contributed by atoms with Crippen LogP contribution in [0, 0.1) is 0 Å². The Kier molecular flexibility index (Phi) is 6.55. The molecule has 0 saturated heterocycles. The number of nitrogens with one attached hydrogen (secondary N) is 1. The molecule has 0 aliphatic carbocycles. The lowest BCUT2D eigenvalue weighted by Gasteiger charge is -2.17. The van der Waals surface area contributed by atoms with Gasteiger partial charge in [-0.05, 0) is 18.6 Å². The number of aryl methyl sites for hydroxylation is 1. The molecule has 1 aromatic carbocycles. The molecule has 1 N–H and O–H groups in total. The normalized spacial score (nSPS) is 12.0. The fourth-order valence-corrected chi connectivity index (χ4v) is 3.74. The highest BCUT2D eigenvalue weighted by Gasteiger charge is 2.14. The van der Waals surface area contributed by atoms with Crippen molar-refractivity contribution in [1.29, 1.82) is 0 Å². The van der Waals surface area contributed by atoms with Crippen molar-refractivity contribution in [3.8, 4) is 0 Å². The Morgan fingerprint density at radius 1 is 1.28 bits per heavy atom. The van der Waals surface area contributed by atoms with E-state index in [9.17, 15) is 13.2 Å². The topological polar surface area (TPSA) is 84.3 Å². The van der Waals surface area contributed by atoms with Gasteiger partial charge >= 0.3 is 0 Å². The van der Waals surface area contributed by atoms with Crippen molar-refractivity contribution in [2.45, 2.75) is 33.2 Å². The van der Waals surface area contributed by atoms with Crippen molar-refractivity contribution in [3.63, 3.8) is 0 Å².